The Bertz CT molecular complexity index is 1290. The molecule has 2 N–H and O–H groups in total. The highest BCUT2D eigenvalue weighted by atomic mass is 16.5. The summed E-state index contributed by atoms with van der Waals surface area (Å²) in [4.78, 5) is 25.0. The van der Waals surface area contributed by atoms with Crippen molar-refractivity contribution in [3.63, 3.8) is 0 Å². The van der Waals surface area contributed by atoms with E-state index in [0.717, 1.165) is 11.8 Å². The van der Waals surface area contributed by atoms with Crippen molar-refractivity contribution in [2.45, 2.75) is 26.2 Å². The molecule has 0 saturated heterocycles. The Morgan fingerprint density at radius 3 is 2.46 bits per heavy atom. The van der Waals surface area contributed by atoms with Crippen LogP contribution in [0.1, 0.15) is 42.3 Å². The van der Waals surface area contributed by atoms with E-state index in [4.69, 9.17) is 13.9 Å². The molecular formula is C28H28N2O5. The van der Waals surface area contributed by atoms with Gasteiger partial charge in [-0.1, -0.05) is 44.2 Å². The zero-order valence-corrected chi connectivity index (χ0v) is 20.0. The molecule has 1 atom stereocenters. The number of benzene rings is 3. The number of ether oxygens (including phenoxy) is 2. The van der Waals surface area contributed by atoms with E-state index in [0.29, 0.717) is 34.4 Å². The summed E-state index contributed by atoms with van der Waals surface area (Å²) >= 11 is 0. The summed E-state index contributed by atoms with van der Waals surface area (Å²) in [7, 11) is 1.49. The first-order valence-corrected chi connectivity index (χ1v) is 11.5. The van der Waals surface area contributed by atoms with E-state index in [2.05, 4.69) is 24.5 Å². The highest BCUT2D eigenvalue weighted by Gasteiger charge is 2.15. The van der Waals surface area contributed by atoms with Crippen LogP contribution < -0.4 is 20.1 Å². The predicted molar refractivity (Wildman–Crippen MR) is 136 cm³/mol. The van der Waals surface area contributed by atoms with Crippen LogP contribution >= 0.6 is 0 Å². The van der Waals surface area contributed by atoms with Gasteiger partial charge in [0, 0.05) is 17.1 Å². The van der Waals surface area contributed by atoms with E-state index in [1.54, 1.807) is 30.3 Å². The number of nitrogens with one attached hydrogen (secondary N) is 2. The number of carbonyl (C=O) groups excluding carboxylic acids is 2. The average molecular weight is 473 g/mol. The van der Waals surface area contributed by atoms with E-state index in [1.807, 2.05) is 42.5 Å². The van der Waals surface area contributed by atoms with Gasteiger partial charge >= 0.3 is 0 Å². The molecule has 1 unspecified atom stereocenters. The normalized spacial score (nSPS) is 11.6. The summed E-state index contributed by atoms with van der Waals surface area (Å²) in [6, 6.07) is 21.8. The lowest BCUT2D eigenvalue weighted by molar-refractivity contribution is -0.118. The summed E-state index contributed by atoms with van der Waals surface area (Å²) in [6.45, 7) is 4.19. The standard InChI is InChI=1S/C28H28N2O5/c1-4-18(2)19-9-12-22(13-10-19)34-17-27(31)29-21-11-14-23(25(16-21)33-3)30-28(32)26-15-20-7-5-6-8-24(20)35-26/h5-16,18H,4,17H2,1-3H3,(H,29,31)(H,30,32). The number of fused-ring (bicyclic) bond motifs is 1. The van der Waals surface area contributed by atoms with E-state index in [9.17, 15) is 9.59 Å². The van der Waals surface area contributed by atoms with Crippen LogP contribution in [0.4, 0.5) is 11.4 Å². The van der Waals surface area contributed by atoms with Crippen molar-refractivity contribution < 1.29 is 23.5 Å². The summed E-state index contributed by atoms with van der Waals surface area (Å²) < 4.78 is 16.6. The molecule has 0 fully saturated rings. The van der Waals surface area contributed by atoms with Gasteiger partial charge in [0.1, 0.15) is 17.1 Å². The van der Waals surface area contributed by atoms with Crippen molar-refractivity contribution in [1.29, 1.82) is 0 Å². The fourth-order valence-electron chi connectivity index (χ4n) is 3.62. The van der Waals surface area contributed by atoms with Crippen LogP contribution in [-0.2, 0) is 4.79 Å². The molecule has 4 aromatic rings. The molecule has 35 heavy (non-hydrogen) atoms. The summed E-state index contributed by atoms with van der Waals surface area (Å²) in [5.41, 5.74) is 2.85. The highest BCUT2D eigenvalue weighted by Crippen LogP contribution is 2.29. The van der Waals surface area contributed by atoms with Gasteiger partial charge in [-0.05, 0) is 54.3 Å². The first-order valence-electron chi connectivity index (χ1n) is 11.5. The minimum Gasteiger partial charge on any atom is -0.494 e. The average Bonchev–Trinajstić information content (AvgIpc) is 3.33. The molecule has 1 heterocycles. The Hall–Kier alpha value is -4.26. The molecule has 4 rings (SSSR count). The minimum absolute atomic E-state index is 0.129. The molecule has 0 aliphatic heterocycles. The smallest absolute Gasteiger partial charge is 0.291 e. The Kier molecular flexibility index (Phi) is 7.35. The van der Waals surface area contributed by atoms with Gasteiger partial charge in [0.2, 0.25) is 0 Å². The quantitative estimate of drug-likeness (QED) is 0.302. The summed E-state index contributed by atoms with van der Waals surface area (Å²) in [5.74, 6) is 0.997. The SMILES string of the molecule is CCC(C)c1ccc(OCC(=O)Nc2ccc(NC(=O)c3cc4ccccc4o3)c(OC)c2)cc1. The van der Waals surface area contributed by atoms with Gasteiger partial charge in [-0.15, -0.1) is 0 Å². The first kappa shape index (κ1) is 23.9. The van der Waals surface area contributed by atoms with Gasteiger partial charge in [-0.2, -0.15) is 0 Å². The lowest BCUT2D eigenvalue weighted by Gasteiger charge is -2.13. The van der Waals surface area contributed by atoms with Crippen LogP contribution in [0, 0.1) is 0 Å². The maximum Gasteiger partial charge on any atom is 0.291 e. The van der Waals surface area contributed by atoms with E-state index >= 15 is 0 Å². The number of hydrogen-bond acceptors (Lipinski definition) is 5. The Morgan fingerprint density at radius 2 is 1.74 bits per heavy atom. The summed E-state index contributed by atoms with van der Waals surface area (Å²) in [5, 5.41) is 6.41. The minimum atomic E-state index is -0.399. The third kappa shape index (κ3) is 5.81. The second kappa shape index (κ2) is 10.8. The molecule has 0 aliphatic rings. The van der Waals surface area contributed by atoms with Crippen molar-refractivity contribution >= 4 is 34.2 Å². The fourth-order valence-corrected chi connectivity index (χ4v) is 3.62. The third-order valence-corrected chi connectivity index (χ3v) is 5.81. The molecule has 2 amide bonds. The monoisotopic (exact) mass is 472 g/mol. The zero-order chi connectivity index (χ0) is 24.8. The van der Waals surface area contributed by atoms with E-state index in [-0.39, 0.29) is 18.3 Å². The van der Waals surface area contributed by atoms with Gasteiger partial charge in [-0.25, -0.2) is 0 Å². The topological polar surface area (TPSA) is 89.8 Å². The van der Waals surface area contributed by atoms with Crippen LogP contribution in [0.2, 0.25) is 0 Å². The molecule has 0 bridgehead atoms. The maximum atomic E-state index is 12.7. The number of rotatable bonds is 9. The fraction of sp³-hybridized carbons (Fsp3) is 0.214. The number of anilines is 2. The lowest BCUT2D eigenvalue weighted by atomic mass is 9.99. The molecule has 0 radical (unpaired) electrons. The predicted octanol–water partition coefficient (Wildman–Crippen LogP) is 6.22. The molecule has 7 nitrogen and oxygen atoms in total. The Morgan fingerprint density at radius 1 is 0.971 bits per heavy atom. The molecule has 0 spiro atoms. The molecule has 0 aliphatic carbocycles. The lowest BCUT2D eigenvalue weighted by Crippen LogP contribution is -2.20. The van der Waals surface area contributed by atoms with Crippen LogP contribution in [0.25, 0.3) is 11.0 Å². The van der Waals surface area contributed by atoms with Crippen molar-refractivity contribution in [2.75, 3.05) is 24.4 Å². The van der Waals surface area contributed by atoms with Gasteiger partial charge in [-0.3, -0.25) is 9.59 Å². The molecule has 1 aromatic heterocycles. The van der Waals surface area contributed by atoms with Crippen molar-refractivity contribution in [3.8, 4) is 11.5 Å². The Labute approximate surface area is 204 Å². The number of carbonyl (C=O) groups is 2. The maximum absolute atomic E-state index is 12.7. The van der Waals surface area contributed by atoms with Crippen LogP contribution in [0.15, 0.2) is 77.2 Å². The number of furan rings is 1. The third-order valence-electron chi connectivity index (χ3n) is 5.81. The zero-order valence-electron chi connectivity index (χ0n) is 20.0. The molecule has 7 heteroatoms. The van der Waals surface area contributed by atoms with Crippen molar-refractivity contribution in [3.05, 3.63) is 84.1 Å². The molecule has 180 valence electrons. The van der Waals surface area contributed by atoms with Gasteiger partial charge in [0.05, 0.1) is 12.8 Å². The van der Waals surface area contributed by atoms with Crippen LogP contribution in [-0.4, -0.2) is 25.5 Å². The first-order chi connectivity index (χ1) is 17.0. The molecular weight excluding hydrogens is 444 g/mol. The number of hydrogen-bond donors (Lipinski definition) is 2. The summed E-state index contributed by atoms with van der Waals surface area (Å²) in [6.07, 6.45) is 1.06. The second-order valence-electron chi connectivity index (χ2n) is 8.23. The van der Waals surface area contributed by atoms with E-state index < -0.39 is 5.91 Å². The second-order valence-corrected chi connectivity index (χ2v) is 8.23. The number of amides is 2. The number of para-hydroxylation sites is 1. The van der Waals surface area contributed by atoms with Gasteiger partial charge in [0.15, 0.2) is 12.4 Å². The molecule has 3 aromatic carbocycles. The van der Waals surface area contributed by atoms with Crippen LogP contribution in [0.3, 0.4) is 0 Å². The van der Waals surface area contributed by atoms with Crippen LogP contribution in [0.5, 0.6) is 11.5 Å². The van der Waals surface area contributed by atoms with Gasteiger partial charge in [0.25, 0.3) is 11.8 Å². The van der Waals surface area contributed by atoms with Crippen molar-refractivity contribution in [2.24, 2.45) is 0 Å². The Balaban J connectivity index is 1.35. The van der Waals surface area contributed by atoms with Crippen molar-refractivity contribution in [1.82, 2.24) is 0 Å². The largest absolute Gasteiger partial charge is 0.494 e. The highest BCUT2D eigenvalue weighted by molar-refractivity contribution is 6.05. The number of methoxy groups -OCH3 is 1. The van der Waals surface area contributed by atoms with Gasteiger partial charge < -0.3 is 24.5 Å². The molecule has 0 saturated carbocycles. The van der Waals surface area contributed by atoms with E-state index in [1.165, 1.54) is 12.7 Å².